The van der Waals surface area contributed by atoms with Gasteiger partial charge in [0.15, 0.2) is 5.75 Å². The van der Waals surface area contributed by atoms with E-state index in [2.05, 4.69) is 20.1 Å². The van der Waals surface area contributed by atoms with E-state index in [4.69, 9.17) is 0 Å². The van der Waals surface area contributed by atoms with Gasteiger partial charge >= 0.3 is 0 Å². The van der Waals surface area contributed by atoms with E-state index < -0.39 is 0 Å². The van der Waals surface area contributed by atoms with Crippen molar-refractivity contribution in [2.45, 2.75) is 12.4 Å². The van der Waals surface area contributed by atoms with Gasteiger partial charge in [0.1, 0.15) is 7.85 Å². The summed E-state index contributed by atoms with van der Waals surface area (Å²) in [5.41, 5.74) is 1.64. The van der Waals surface area contributed by atoms with Crippen LogP contribution in [0.15, 0.2) is 24.3 Å². The second kappa shape index (κ2) is 2.56. The van der Waals surface area contributed by atoms with Gasteiger partial charge in [0.2, 0.25) is 0 Å². The Kier molecular flexibility index (Phi) is 1.62. The first-order valence-corrected chi connectivity index (χ1v) is 4.36. The molecule has 1 aromatic rings. The van der Waals surface area contributed by atoms with Crippen molar-refractivity contribution >= 4 is 19.6 Å². The van der Waals surface area contributed by atoms with Crippen LogP contribution < -0.4 is 5.32 Å². The Balaban J connectivity index is 2.53. The Morgan fingerprint density at radius 2 is 2.23 bits per heavy atom. The zero-order chi connectivity index (χ0) is 9.47. The average molecular weight is 172 g/mol. The summed E-state index contributed by atoms with van der Waals surface area (Å²) in [4.78, 5) is 0. The molecule has 1 aromatic carbocycles. The van der Waals surface area contributed by atoms with Crippen molar-refractivity contribution in [2.24, 2.45) is 0 Å². The highest BCUT2D eigenvalue weighted by Gasteiger charge is 2.20. The van der Waals surface area contributed by atoms with Crippen LogP contribution in [0.2, 0.25) is 0 Å². The Hall–Kier alpha value is -1.38. The number of benzene rings is 1. The fourth-order valence-corrected chi connectivity index (χ4v) is 1.51. The molecule has 0 fully saturated rings. The molecule has 1 aliphatic rings. The molecule has 3 heteroatoms. The van der Waals surface area contributed by atoms with Crippen molar-refractivity contribution in [2.75, 3.05) is 5.32 Å². The molecule has 13 heavy (non-hydrogen) atoms. The average Bonchev–Trinajstić information content (AvgIpc) is 2.02. The summed E-state index contributed by atoms with van der Waals surface area (Å²) in [6, 6.07) is 5.30. The summed E-state index contributed by atoms with van der Waals surface area (Å²) in [6.07, 6.45) is 3.91. The van der Waals surface area contributed by atoms with Gasteiger partial charge in [-0.05, 0) is 19.1 Å². The fourth-order valence-electron chi connectivity index (χ4n) is 1.51. The summed E-state index contributed by atoms with van der Waals surface area (Å²) in [5.74, 6) is 0.0803. The van der Waals surface area contributed by atoms with Crippen molar-refractivity contribution in [3.8, 4) is 5.75 Å². The van der Waals surface area contributed by atoms with Gasteiger partial charge in [-0.15, -0.1) is 0 Å². The Bertz CT molecular complexity index is 371. The Labute approximate surface area is 78.7 Å². The highest BCUT2D eigenvalue weighted by atomic mass is 16.3. The minimum atomic E-state index is -0.0548. The molecule has 0 spiro atoms. The molecular weight excluding hydrogens is 161 g/mol. The van der Waals surface area contributed by atoms with E-state index in [0.29, 0.717) is 0 Å². The number of nitrogens with one attached hydrogen (secondary N) is 1. The fraction of sp³-hybridized carbons (Fsp3) is 0.200. The molecule has 1 radical (unpaired) electrons. The smallest absolute Gasteiger partial charge is 0.187 e. The monoisotopic (exact) mass is 172 g/mol. The zero-order valence-electron chi connectivity index (χ0n) is 7.79. The van der Waals surface area contributed by atoms with E-state index in [-0.39, 0.29) is 11.2 Å². The van der Waals surface area contributed by atoms with E-state index in [1.807, 2.05) is 18.2 Å². The maximum Gasteiger partial charge on any atom is 0.187 e. The molecule has 1 unspecified atom stereocenters. The van der Waals surface area contributed by atoms with Crippen LogP contribution in [0.4, 0.5) is 5.69 Å². The SMILES string of the molecule is BC1(C)C=Cc2c([O])cccc2N1. The van der Waals surface area contributed by atoms with E-state index in [0.717, 1.165) is 11.3 Å². The van der Waals surface area contributed by atoms with Gasteiger partial charge in [0.05, 0.1) is 0 Å². The molecule has 0 aromatic heterocycles. The third kappa shape index (κ3) is 1.42. The van der Waals surface area contributed by atoms with Crippen LogP contribution in [0, 0.1) is 0 Å². The third-order valence-corrected chi connectivity index (χ3v) is 2.19. The second-order valence-corrected chi connectivity index (χ2v) is 3.90. The highest BCUT2D eigenvalue weighted by Crippen LogP contribution is 2.32. The summed E-state index contributed by atoms with van der Waals surface area (Å²) in [6.45, 7) is 2.07. The van der Waals surface area contributed by atoms with E-state index in [1.54, 1.807) is 12.1 Å². The molecule has 1 atom stereocenters. The molecule has 0 aliphatic carbocycles. The summed E-state index contributed by atoms with van der Waals surface area (Å²) >= 11 is 0. The summed E-state index contributed by atoms with van der Waals surface area (Å²) in [5, 5.41) is 14.7. The van der Waals surface area contributed by atoms with Crippen molar-refractivity contribution in [3.05, 3.63) is 29.8 Å². The Morgan fingerprint density at radius 1 is 1.46 bits per heavy atom. The number of hydrogen-bond acceptors (Lipinski definition) is 1. The van der Waals surface area contributed by atoms with Crippen molar-refractivity contribution in [1.82, 2.24) is 0 Å². The lowest BCUT2D eigenvalue weighted by atomic mass is 9.77. The van der Waals surface area contributed by atoms with E-state index in [1.165, 1.54) is 0 Å². The first-order chi connectivity index (χ1) is 6.08. The van der Waals surface area contributed by atoms with Gasteiger partial charge in [-0.25, -0.2) is 0 Å². The lowest BCUT2D eigenvalue weighted by Crippen LogP contribution is -2.34. The quantitative estimate of drug-likeness (QED) is 0.592. The van der Waals surface area contributed by atoms with Gasteiger partial charge < -0.3 is 5.32 Å². The maximum absolute atomic E-state index is 11.4. The molecule has 0 bridgehead atoms. The lowest BCUT2D eigenvalue weighted by Gasteiger charge is -2.28. The molecule has 0 amide bonds. The predicted molar refractivity (Wildman–Crippen MR) is 56.2 cm³/mol. The minimum absolute atomic E-state index is 0.0548. The maximum atomic E-state index is 11.4. The molecule has 1 heterocycles. The van der Waals surface area contributed by atoms with Crippen LogP contribution in [0.1, 0.15) is 12.5 Å². The first kappa shape index (κ1) is 8.23. The van der Waals surface area contributed by atoms with Crippen molar-refractivity contribution < 1.29 is 5.11 Å². The van der Waals surface area contributed by atoms with Crippen LogP contribution in [0.3, 0.4) is 0 Å². The number of fused-ring (bicyclic) bond motifs is 1. The van der Waals surface area contributed by atoms with Gasteiger partial charge in [0.25, 0.3) is 0 Å². The molecule has 1 N–H and O–H groups in total. The summed E-state index contributed by atoms with van der Waals surface area (Å²) < 4.78 is 0. The van der Waals surface area contributed by atoms with E-state index in [9.17, 15) is 5.11 Å². The third-order valence-electron chi connectivity index (χ3n) is 2.19. The van der Waals surface area contributed by atoms with Gasteiger partial charge in [0, 0.05) is 16.7 Å². The molecule has 2 rings (SSSR count). The minimum Gasteiger partial charge on any atom is -0.383 e. The molecule has 65 valence electrons. The van der Waals surface area contributed by atoms with Crippen LogP contribution >= 0.6 is 0 Å². The van der Waals surface area contributed by atoms with E-state index >= 15 is 0 Å². The molecule has 2 nitrogen and oxygen atoms in total. The number of anilines is 1. The predicted octanol–water partition coefficient (Wildman–Crippen LogP) is 1.62. The van der Waals surface area contributed by atoms with Crippen molar-refractivity contribution in [1.29, 1.82) is 0 Å². The zero-order valence-corrected chi connectivity index (χ0v) is 7.79. The normalized spacial score (nSPS) is 25.0. The van der Waals surface area contributed by atoms with Crippen LogP contribution in [0.5, 0.6) is 5.75 Å². The standard InChI is InChI=1S/C10H11BNO/c1-10(11)6-5-7-8(12-10)3-2-4-9(7)13/h2-6,12H,11H2,1H3. The largest absolute Gasteiger partial charge is 0.383 e. The molecule has 1 aliphatic heterocycles. The first-order valence-electron chi connectivity index (χ1n) is 4.36. The van der Waals surface area contributed by atoms with Crippen LogP contribution in [-0.4, -0.2) is 13.3 Å². The van der Waals surface area contributed by atoms with Gasteiger partial charge in [-0.3, -0.25) is 5.11 Å². The number of rotatable bonds is 0. The van der Waals surface area contributed by atoms with Gasteiger partial charge in [-0.1, -0.05) is 18.2 Å². The summed E-state index contributed by atoms with van der Waals surface area (Å²) in [7, 11) is 2.07. The van der Waals surface area contributed by atoms with Crippen molar-refractivity contribution in [3.63, 3.8) is 0 Å². The lowest BCUT2D eigenvalue weighted by molar-refractivity contribution is 0.354. The Morgan fingerprint density at radius 3 is 3.00 bits per heavy atom. The topological polar surface area (TPSA) is 31.9 Å². The van der Waals surface area contributed by atoms with Crippen LogP contribution in [-0.2, 0) is 5.11 Å². The molecular formula is C10H11BNO. The molecule has 0 saturated heterocycles. The van der Waals surface area contributed by atoms with Crippen LogP contribution in [0.25, 0.3) is 6.08 Å². The highest BCUT2D eigenvalue weighted by molar-refractivity contribution is 6.19. The second-order valence-electron chi connectivity index (χ2n) is 3.90. The number of hydrogen-bond donors (Lipinski definition) is 1. The van der Waals surface area contributed by atoms with Gasteiger partial charge in [-0.2, -0.15) is 0 Å². The molecule has 0 saturated carbocycles.